The van der Waals surface area contributed by atoms with Crippen LogP contribution in [0.1, 0.15) is 5.56 Å². The van der Waals surface area contributed by atoms with E-state index in [4.69, 9.17) is 0 Å². The molecule has 1 N–H and O–H groups in total. The van der Waals surface area contributed by atoms with Crippen LogP contribution in [0, 0.1) is 13.0 Å². The lowest BCUT2D eigenvalue weighted by atomic mass is 10.0. The summed E-state index contributed by atoms with van der Waals surface area (Å²) in [7, 11) is 0. The maximum atomic E-state index is 9.67. The monoisotopic (exact) mass is 183 g/mol. The van der Waals surface area contributed by atoms with Crippen LogP contribution in [0.2, 0.25) is 0 Å². The van der Waals surface area contributed by atoms with Gasteiger partial charge in [0.1, 0.15) is 5.75 Å². The largest absolute Gasteiger partial charge is 0.507 e. The molecule has 14 heavy (non-hydrogen) atoms. The molecule has 0 aliphatic rings. The standard InChI is InChI=1S/C13H11O/c1-10-6-2-3-7-11(10)12-8-4-5-9-13(12)14/h2-5,7-9,14H,1H3. The number of phenols is 1. The van der Waals surface area contributed by atoms with Crippen molar-refractivity contribution in [3.05, 3.63) is 54.1 Å². The zero-order valence-corrected chi connectivity index (χ0v) is 7.99. The minimum atomic E-state index is 0.315. The van der Waals surface area contributed by atoms with E-state index in [1.165, 1.54) is 0 Å². The van der Waals surface area contributed by atoms with Gasteiger partial charge in [-0.15, -0.1) is 0 Å². The van der Waals surface area contributed by atoms with E-state index in [9.17, 15) is 5.11 Å². The normalized spacial score (nSPS) is 10.1. The van der Waals surface area contributed by atoms with Crippen LogP contribution in [0.15, 0.2) is 42.5 Å². The minimum absolute atomic E-state index is 0.315. The van der Waals surface area contributed by atoms with Crippen LogP contribution < -0.4 is 0 Å². The summed E-state index contributed by atoms with van der Waals surface area (Å²) >= 11 is 0. The fourth-order valence-electron chi connectivity index (χ4n) is 1.51. The van der Waals surface area contributed by atoms with Gasteiger partial charge in [-0.05, 0) is 30.2 Å². The molecule has 1 heteroatoms. The molecule has 0 aromatic heterocycles. The highest BCUT2D eigenvalue weighted by molar-refractivity contribution is 5.72. The molecule has 2 aromatic carbocycles. The first-order valence-corrected chi connectivity index (χ1v) is 4.54. The number of rotatable bonds is 1. The van der Waals surface area contributed by atoms with E-state index in [1.54, 1.807) is 6.07 Å². The Labute approximate surface area is 83.6 Å². The van der Waals surface area contributed by atoms with Gasteiger partial charge in [-0.3, -0.25) is 0 Å². The number of hydrogen-bond acceptors (Lipinski definition) is 1. The molecule has 0 amide bonds. The first kappa shape index (κ1) is 8.82. The third kappa shape index (κ3) is 1.49. The molecule has 1 radical (unpaired) electrons. The predicted molar refractivity (Wildman–Crippen MR) is 57.1 cm³/mol. The molecule has 1 nitrogen and oxygen atoms in total. The van der Waals surface area contributed by atoms with E-state index in [1.807, 2.05) is 43.3 Å². The Morgan fingerprint density at radius 2 is 1.71 bits per heavy atom. The van der Waals surface area contributed by atoms with E-state index in [0.29, 0.717) is 5.75 Å². The van der Waals surface area contributed by atoms with Crippen molar-refractivity contribution in [3.8, 4) is 16.9 Å². The lowest BCUT2D eigenvalue weighted by Crippen LogP contribution is -1.82. The van der Waals surface area contributed by atoms with Gasteiger partial charge in [-0.2, -0.15) is 0 Å². The number of para-hydroxylation sites is 1. The first-order valence-electron chi connectivity index (χ1n) is 4.54. The molecular weight excluding hydrogens is 172 g/mol. The van der Waals surface area contributed by atoms with Crippen molar-refractivity contribution >= 4 is 0 Å². The molecule has 0 saturated carbocycles. The lowest BCUT2D eigenvalue weighted by Gasteiger charge is -2.06. The van der Waals surface area contributed by atoms with Gasteiger partial charge >= 0.3 is 0 Å². The fourth-order valence-corrected chi connectivity index (χ4v) is 1.51. The third-order valence-corrected chi connectivity index (χ3v) is 2.26. The number of phenolic OH excluding ortho intramolecular Hbond substituents is 1. The minimum Gasteiger partial charge on any atom is -0.507 e. The first-order chi connectivity index (χ1) is 6.79. The zero-order chi connectivity index (χ0) is 9.97. The number of aromatic hydroxyl groups is 1. The van der Waals surface area contributed by atoms with Crippen molar-refractivity contribution in [1.82, 2.24) is 0 Å². The molecular formula is C13H11O. The van der Waals surface area contributed by atoms with Gasteiger partial charge < -0.3 is 5.11 Å². The molecule has 0 atom stereocenters. The van der Waals surface area contributed by atoms with Gasteiger partial charge in [0.05, 0.1) is 0 Å². The summed E-state index contributed by atoms with van der Waals surface area (Å²) < 4.78 is 0. The van der Waals surface area contributed by atoms with E-state index in [-0.39, 0.29) is 0 Å². The Balaban J connectivity index is 2.61. The van der Waals surface area contributed by atoms with Crippen LogP contribution in [0.4, 0.5) is 0 Å². The Kier molecular flexibility index (Phi) is 2.23. The van der Waals surface area contributed by atoms with Crippen molar-refractivity contribution < 1.29 is 5.11 Å². The molecule has 0 bridgehead atoms. The summed E-state index contributed by atoms with van der Waals surface area (Å²) in [4.78, 5) is 0. The number of aryl methyl sites for hydroxylation is 1. The third-order valence-electron chi connectivity index (χ3n) is 2.26. The van der Waals surface area contributed by atoms with Crippen LogP contribution in [0.5, 0.6) is 5.75 Å². The van der Waals surface area contributed by atoms with Crippen molar-refractivity contribution in [2.75, 3.05) is 0 Å². The Bertz CT molecular complexity index is 403. The van der Waals surface area contributed by atoms with Gasteiger partial charge in [-0.25, -0.2) is 0 Å². The Morgan fingerprint density at radius 3 is 2.43 bits per heavy atom. The number of benzene rings is 2. The maximum absolute atomic E-state index is 9.67. The van der Waals surface area contributed by atoms with Crippen molar-refractivity contribution in [2.45, 2.75) is 6.92 Å². The highest BCUT2D eigenvalue weighted by Crippen LogP contribution is 2.30. The zero-order valence-electron chi connectivity index (χ0n) is 7.99. The summed E-state index contributed by atoms with van der Waals surface area (Å²) in [5, 5.41) is 9.67. The SMILES string of the molecule is Cc1[c]cccc1-c1ccccc1O. The summed E-state index contributed by atoms with van der Waals surface area (Å²) in [6, 6.07) is 16.2. The summed E-state index contributed by atoms with van der Waals surface area (Å²) in [6.07, 6.45) is 0. The molecule has 0 saturated heterocycles. The maximum Gasteiger partial charge on any atom is 0.123 e. The summed E-state index contributed by atoms with van der Waals surface area (Å²) in [5.74, 6) is 0.315. The van der Waals surface area contributed by atoms with Crippen LogP contribution in [0.3, 0.4) is 0 Å². The average molecular weight is 183 g/mol. The lowest BCUT2D eigenvalue weighted by molar-refractivity contribution is 0.477. The molecule has 0 fully saturated rings. The molecule has 2 rings (SSSR count). The van der Waals surface area contributed by atoms with Gasteiger partial charge in [-0.1, -0.05) is 36.4 Å². The molecule has 0 aliphatic heterocycles. The van der Waals surface area contributed by atoms with Crippen LogP contribution in [-0.2, 0) is 0 Å². The van der Waals surface area contributed by atoms with Crippen molar-refractivity contribution in [2.24, 2.45) is 0 Å². The highest BCUT2D eigenvalue weighted by atomic mass is 16.3. The van der Waals surface area contributed by atoms with Gasteiger partial charge in [0.15, 0.2) is 0 Å². The topological polar surface area (TPSA) is 20.2 Å². The Hall–Kier alpha value is -1.76. The molecule has 2 aromatic rings. The van der Waals surface area contributed by atoms with E-state index < -0.39 is 0 Å². The molecule has 0 unspecified atom stereocenters. The van der Waals surface area contributed by atoms with Crippen molar-refractivity contribution in [3.63, 3.8) is 0 Å². The van der Waals surface area contributed by atoms with Crippen LogP contribution >= 0.6 is 0 Å². The highest BCUT2D eigenvalue weighted by Gasteiger charge is 2.04. The predicted octanol–water partition coefficient (Wildman–Crippen LogP) is 3.17. The molecule has 0 aliphatic carbocycles. The fraction of sp³-hybridized carbons (Fsp3) is 0.0769. The second-order valence-corrected chi connectivity index (χ2v) is 3.23. The van der Waals surface area contributed by atoms with Gasteiger partial charge in [0, 0.05) is 5.56 Å². The molecule has 69 valence electrons. The smallest absolute Gasteiger partial charge is 0.123 e. The van der Waals surface area contributed by atoms with E-state index >= 15 is 0 Å². The van der Waals surface area contributed by atoms with E-state index in [2.05, 4.69) is 6.07 Å². The van der Waals surface area contributed by atoms with Crippen LogP contribution in [-0.4, -0.2) is 5.11 Å². The second-order valence-electron chi connectivity index (χ2n) is 3.23. The Morgan fingerprint density at radius 1 is 1.00 bits per heavy atom. The summed E-state index contributed by atoms with van der Waals surface area (Å²) in [6.45, 7) is 1.99. The summed E-state index contributed by atoms with van der Waals surface area (Å²) in [5.41, 5.74) is 2.95. The molecule has 0 heterocycles. The van der Waals surface area contributed by atoms with E-state index in [0.717, 1.165) is 16.7 Å². The van der Waals surface area contributed by atoms with Gasteiger partial charge in [0.25, 0.3) is 0 Å². The number of hydrogen-bond donors (Lipinski definition) is 1. The van der Waals surface area contributed by atoms with Crippen LogP contribution in [0.25, 0.3) is 11.1 Å². The second kappa shape index (κ2) is 3.54. The average Bonchev–Trinajstić information content (AvgIpc) is 2.20. The van der Waals surface area contributed by atoms with Crippen molar-refractivity contribution in [1.29, 1.82) is 0 Å². The quantitative estimate of drug-likeness (QED) is 0.720. The van der Waals surface area contributed by atoms with Gasteiger partial charge in [0.2, 0.25) is 0 Å². The molecule has 0 spiro atoms.